The first kappa shape index (κ1) is 28.2. The largest absolute Gasteiger partial charge is 0.392 e. The summed E-state index contributed by atoms with van der Waals surface area (Å²) in [7, 11) is -0.650. The van der Waals surface area contributed by atoms with Crippen LogP contribution in [0.15, 0.2) is 40.5 Å². The molecule has 36 heavy (non-hydrogen) atoms. The summed E-state index contributed by atoms with van der Waals surface area (Å²) in [5, 5.41) is 7.31. The Balaban J connectivity index is 1.79. The number of amides is 1. The maximum atomic E-state index is 13.2. The van der Waals surface area contributed by atoms with E-state index >= 15 is 0 Å². The van der Waals surface area contributed by atoms with Crippen molar-refractivity contribution in [3.8, 4) is 0 Å². The quantitative estimate of drug-likeness (QED) is 0.212. The summed E-state index contributed by atoms with van der Waals surface area (Å²) in [4.78, 5) is 24.0. The van der Waals surface area contributed by atoms with Gasteiger partial charge in [0.1, 0.15) is 6.10 Å². The van der Waals surface area contributed by atoms with Crippen LogP contribution in [0.5, 0.6) is 0 Å². The van der Waals surface area contributed by atoms with Crippen LogP contribution in [0.1, 0.15) is 36.6 Å². The number of carbonyl (C=O) groups is 1. The monoisotopic (exact) mass is 540 g/mol. The Labute approximate surface area is 215 Å². The van der Waals surface area contributed by atoms with Gasteiger partial charge in [-0.05, 0) is 31.9 Å². The molecule has 0 aliphatic heterocycles. The Morgan fingerprint density at radius 3 is 2.61 bits per heavy atom. The minimum Gasteiger partial charge on any atom is -0.392 e. The van der Waals surface area contributed by atoms with Crippen molar-refractivity contribution in [3.05, 3.63) is 40.9 Å². The normalized spacial score (nSPS) is 18.4. The van der Waals surface area contributed by atoms with E-state index in [1.807, 2.05) is 6.92 Å². The minimum absolute atomic E-state index is 0.00893. The molecule has 0 bridgehead atoms. The first-order chi connectivity index (χ1) is 17.4. The van der Waals surface area contributed by atoms with Gasteiger partial charge >= 0.3 is 0 Å². The van der Waals surface area contributed by atoms with Crippen LogP contribution in [0.2, 0.25) is 0 Å². The fourth-order valence-corrected chi connectivity index (χ4v) is 5.41. The molecule has 1 saturated carbocycles. The molecule has 0 radical (unpaired) electrons. The number of ether oxygens (including phenoxy) is 3. The third kappa shape index (κ3) is 8.05. The second-order valence-electron chi connectivity index (χ2n) is 7.99. The third-order valence-corrected chi connectivity index (χ3v) is 7.71. The molecule has 1 fully saturated rings. The number of benzene rings is 1. The maximum absolute atomic E-state index is 13.2. The molecule has 13 heteroatoms. The number of hydrogen-bond donors (Lipinski definition) is 2. The molecule has 1 aliphatic carbocycles. The summed E-state index contributed by atoms with van der Waals surface area (Å²) in [5.41, 5.74) is 0.408. The van der Waals surface area contributed by atoms with Gasteiger partial charge in [-0.1, -0.05) is 28.6 Å². The highest BCUT2D eigenvalue weighted by Crippen LogP contribution is 2.25. The van der Waals surface area contributed by atoms with Gasteiger partial charge in [-0.2, -0.15) is 0 Å². The summed E-state index contributed by atoms with van der Waals surface area (Å²) < 4.78 is 43.0. The number of carbonyl (C=O) groups excluding carboxylic acids is 1. The zero-order valence-electron chi connectivity index (χ0n) is 20.6. The molecule has 1 heterocycles. The second kappa shape index (κ2) is 13.8. The molecule has 11 nitrogen and oxygen atoms in total. The summed E-state index contributed by atoms with van der Waals surface area (Å²) in [6, 6.07) is 5.85. The van der Waals surface area contributed by atoms with E-state index < -0.39 is 15.9 Å². The van der Waals surface area contributed by atoms with Crippen molar-refractivity contribution in [2.75, 3.05) is 39.3 Å². The van der Waals surface area contributed by atoms with Gasteiger partial charge in [0.2, 0.25) is 10.0 Å². The van der Waals surface area contributed by atoms with Gasteiger partial charge in [0.05, 0.1) is 29.1 Å². The molecule has 1 aliphatic rings. The van der Waals surface area contributed by atoms with E-state index in [2.05, 4.69) is 20.2 Å². The highest BCUT2D eigenvalue weighted by molar-refractivity contribution is 7.89. The molecule has 1 amide bonds. The molecule has 0 spiro atoms. The van der Waals surface area contributed by atoms with Crippen LogP contribution in [0.25, 0.3) is 0 Å². The van der Waals surface area contributed by atoms with Crippen molar-refractivity contribution in [2.24, 2.45) is 5.16 Å². The van der Waals surface area contributed by atoms with Crippen molar-refractivity contribution >= 4 is 38.1 Å². The highest BCUT2D eigenvalue weighted by atomic mass is 32.2. The molecule has 3 rings (SSSR count). The molecule has 0 unspecified atom stereocenters. The summed E-state index contributed by atoms with van der Waals surface area (Å²) in [6.45, 7) is 3.35. The van der Waals surface area contributed by atoms with E-state index in [-0.39, 0.29) is 36.0 Å². The first-order valence-electron chi connectivity index (χ1n) is 11.6. The lowest BCUT2D eigenvalue weighted by molar-refractivity contribution is -0.110. The van der Waals surface area contributed by atoms with Gasteiger partial charge in [0.25, 0.3) is 5.91 Å². The van der Waals surface area contributed by atoms with Crippen LogP contribution >= 0.6 is 11.3 Å². The smallest absolute Gasteiger partial charge is 0.280 e. The predicted molar refractivity (Wildman–Crippen MR) is 136 cm³/mol. The van der Waals surface area contributed by atoms with E-state index in [4.69, 9.17) is 19.0 Å². The first-order valence-corrected chi connectivity index (χ1v) is 13.9. The van der Waals surface area contributed by atoms with Crippen molar-refractivity contribution in [3.63, 3.8) is 0 Å². The fourth-order valence-electron chi connectivity index (χ4n) is 3.62. The zero-order valence-corrected chi connectivity index (χ0v) is 22.2. The lowest BCUT2D eigenvalue weighted by Crippen LogP contribution is -2.27. The number of sulfonamides is 1. The number of aromatic nitrogens is 1. The molecule has 1 aromatic carbocycles. The number of nitrogens with zero attached hydrogens (tertiary/aromatic N) is 2. The van der Waals surface area contributed by atoms with Crippen LogP contribution < -0.4 is 10.0 Å². The Morgan fingerprint density at radius 2 is 1.92 bits per heavy atom. The van der Waals surface area contributed by atoms with Gasteiger partial charge in [-0.15, -0.1) is 0 Å². The van der Waals surface area contributed by atoms with Crippen molar-refractivity contribution in [2.45, 2.75) is 49.9 Å². The third-order valence-electron chi connectivity index (χ3n) is 5.34. The number of methoxy groups -OCH3 is 2. The molecule has 0 saturated heterocycles. The van der Waals surface area contributed by atoms with Gasteiger partial charge < -0.3 is 19.0 Å². The lowest BCUT2D eigenvalue weighted by atomic mass is 10.1. The topological polar surface area (TPSA) is 137 Å². The Morgan fingerprint density at radius 1 is 1.17 bits per heavy atom. The lowest BCUT2D eigenvalue weighted by Gasteiger charge is -2.12. The van der Waals surface area contributed by atoms with E-state index in [0.29, 0.717) is 30.3 Å². The van der Waals surface area contributed by atoms with E-state index in [0.717, 1.165) is 17.7 Å². The van der Waals surface area contributed by atoms with Gasteiger partial charge in [0.15, 0.2) is 10.8 Å². The van der Waals surface area contributed by atoms with Crippen molar-refractivity contribution < 1.29 is 32.3 Å². The van der Waals surface area contributed by atoms with E-state index in [9.17, 15) is 13.2 Å². The summed E-state index contributed by atoms with van der Waals surface area (Å²) >= 11 is 1.28. The van der Waals surface area contributed by atoms with Crippen molar-refractivity contribution in [1.82, 2.24) is 9.71 Å². The molecule has 2 aromatic rings. The average Bonchev–Trinajstić information content (AvgIpc) is 3.49. The summed E-state index contributed by atoms with van der Waals surface area (Å²) in [6.07, 6.45) is 3.86. The van der Waals surface area contributed by atoms with Crippen LogP contribution in [0.3, 0.4) is 0 Å². The minimum atomic E-state index is -3.72. The summed E-state index contributed by atoms with van der Waals surface area (Å²) in [5.74, 6) is -0.526. The second-order valence-corrected chi connectivity index (χ2v) is 10.9. The number of anilines is 1. The SMILES string of the molecule is CCO[C@@H]1CC[C@@H](ON=C(C(=O)Nc2ncc(COC)s2)c2ccc(S(=O)(=O)NCCOC)cc2)C1. The highest BCUT2D eigenvalue weighted by Gasteiger charge is 2.27. The average molecular weight is 541 g/mol. The Hall–Kier alpha value is -2.42. The molecular formula is C23H32N4O7S2. The predicted octanol–water partition coefficient (Wildman–Crippen LogP) is 2.53. The van der Waals surface area contributed by atoms with Crippen LogP contribution in [0, 0.1) is 0 Å². The maximum Gasteiger partial charge on any atom is 0.280 e. The Bertz CT molecular complexity index is 1120. The van der Waals surface area contributed by atoms with Crippen molar-refractivity contribution in [1.29, 1.82) is 0 Å². The van der Waals surface area contributed by atoms with Gasteiger partial charge in [-0.25, -0.2) is 18.1 Å². The van der Waals surface area contributed by atoms with E-state index in [1.165, 1.54) is 42.7 Å². The number of thiazole rings is 1. The van der Waals surface area contributed by atoms with E-state index in [1.54, 1.807) is 13.3 Å². The van der Waals surface area contributed by atoms with Gasteiger partial charge in [-0.3, -0.25) is 10.1 Å². The Kier molecular flexibility index (Phi) is 10.8. The fraction of sp³-hybridized carbons (Fsp3) is 0.522. The molecule has 1 aromatic heterocycles. The number of rotatable bonds is 14. The zero-order chi connectivity index (χ0) is 26.0. The van der Waals surface area contributed by atoms with Crippen LogP contribution in [-0.4, -0.2) is 71.2 Å². The number of oxime groups is 1. The standard InChI is InChI=1S/C23H32N4O7S2/c1-4-33-17-7-8-18(13-17)34-27-21(22(28)26-23-24-14-19(35-23)15-32-3)16-5-9-20(10-6-16)36(29,30)25-11-12-31-2/h5-6,9-10,14,17-18,25H,4,7-8,11-13,15H2,1-3H3,(H,24,26,28)/t17-,18-/m1/s1. The number of hydrogen-bond acceptors (Lipinski definition) is 10. The molecule has 2 atom stereocenters. The molecule has 198 valence electrons. The van der Waals surface area contributed by atoms with Gasteiger partial charge in [0, 0.05) is 45.6 Å². The molecule has 2 N–H and O–H groups in total. The van der Waals surface area contributed by atoms with Crippen LogP contribution in [0.4, 0.5) is 5.13 Å². The van der Waals surface area contributed by atoms with Crippen LogP contribution in [-0.2, 0) is 40.5 Å². The number of nitrogens with one attached hydrogen (secondary N) is 2. The molecular weight excluding hydrogens is 508 g/mol.